The summed E-state index contributed by atoms with van der Waals surface area (Å²) in [7, 11) is -3.39. The second kappa shape index (κ2) is 10.0. The van der Waals surface area contributed by atoms with Gasteiger partial charge in [-0.15, -0.1) is 0 Å². The number of rotatable bonds is 6. The van der Waals surface area contributed by atoms with Crippen molar-refractivity contribution < 1.29 is 18.3 Å². The minimum atomic E-state index is -3.39. The van der Waals surface area contributed by atoms with Crippen LogP contribution in [0.4, 0.5) is 17.2 Å². The number of likely N-dealkylation sites (tertiary alicyclic amines) is 1. The number of hydrogen-bond donors (Lipinski definition) is 2. The van der Waals surface area contributed by atoms with Gasteiger partial charge < -0.3 is 20.2 Å². The fourth-order valence-electron chi connectivity index (χ4n) is 8.49. The quantitative estimate of drug-likeness (QED) is 0.439. The van der Waals surface area contributed by atoms with Crippen LogP contribution in [0.5, 0.6) is 0 Å². The van der Waals surface area contributed by atoms with Crippen molar-refractivity contribution in [3.05, 3.63) is 41.6 Å². The molecule has 7 rings (SSSR count). The molecule has 1 aromatic heterocycles. The van der Waals surface area contributed by atoms with E-state index >= 15 is 0 Å². The number of aromatic nitrogens is 1. The molecule has 0 radical (unpaired) electrons. The van der Waals surface area contributed by atoms with Crippen LogP contribution < -0.4 is 10.2 Å². The number of amides is 1. The molecule has 232 valence electrons. The predicted octanol–water partition coefficient (Wildman–Crippen LogP) is 5.63. The van der Waals surface area contributed by atoms with Crippen LogP contribution in [0.25, 0.3) is 0 Å². The highest BCUT2D eigenvalue weighted by Gasteiger charge is 2.61. The average molecular weight is 607 g/mol. The first-order chi connectivity index (χ1) is 20.3. The molecule has 0 unspecified atom stereocenters. The van der Waals surface area contributed by atoms with Gasteiger partial charge in [0, 0.05) is 35.6 Å². The van der Waals surface area contributed by atoms with Crippen LogP contribution in [0.2, 0.25) is 0 Å². The Balaban J connectivity index is 1.07. The molecule has 5 aliphatic rings. The molecule has 1 aromatic carbocycles. The van der Waals surface area contributed by atoms with E-state index in [2.05, 4.69) is 24.1 Å². The Morgan fingerprint density at radius 3 is 2.40 bits per heavy atom. The molecular formula is C34H46N4O4S. The lowest BCUT2D eigenvalue weighted by Gasteiger charge is -2.52. The molecule has 8 nitrogen and oxygen atoms in total. The van der Waals surface area contributed by atoms with Crippen molar-refractivity contribution in [1.29, 1.82) is 0 Å². The number of aliphatic hydroxyl groups is 1. The average Bonchev–Trinajstić information content (AvgIpc) is 3.70. The monoisotopic (exact) mass is 606 g/mol. The maximum absolute atomic E-state index is 13.7. The van der Waals surface area contributed by atoms with Crippen LogP contribution in [-0.2, 0) is 20.0 Å². The Morgan fingerprint density at radius 2 is 1.77 bits per heavy atom. The molecule has 2 spiro atoms. The molecule has 2 N–H and O–H groups in total. The summed E-state index contributed by atoms with van der Waals surface area (Å²) in [4.78, 5) is 23.2. The summed E-state index contributed by atoms with van der Waals surface area (Å²) in [5, 5.41) is 13.9. The summed E-state index contributed by atoms with van der Waals surface area (Å²) in [6.45, 7) is 10.4. The maximum atomic E-state index is 13.7. The largest absolute Gasteiger partial charge is 0.390 e. The summed E-state index contributed by atoms with van der Waals surface area (Å²) < 4.78 is 27.2. The third-order valence-electron chi connectivity index (χ3n) is 11.5. The molecule has 3 aliphatic carbocycles. The molecule has 2 atom stereocenters. The Kier molecular flexibility index (Phi) is 6.81. The van der Waals surface area contributed by atoms with Crippen LogP contribution in [-0.4, -0.2) is 65.3 Å². The van der Waals surface area contributed by atoms with E-state index in [0.717, 1.165) is 93.4 Å². The van der Waals surface area contributed by atoms with E-state index < -0.39 is 20.9 Å². The number of nitrogens with zero attached hydrogens (tertiary/aromatic N) is 3. The maximum Gasteiger partial charge on any atom is 0.238 e. The number of fused-ring (bicyclic) bond motifs is 2. The number of piperidine rings is 1. The number of carbonyl (C=O) groups is 1. The lowest BCUT2D eigenvalue weighted by Crippen LogP contribution is -2.52. The normalized spacial score (nSPS) is 28.4. The number of benzene rings is 1. The van der Waals surface area contributed by atoms with Crippen LogP contribution >= 0.6 is 0 Å². The number of aryl methyl sites for hydroxylation is 1. The molecule has 2 aromatic rings. The van der Waals surface area contributed by atoms with E-state index in [9.17, 15) is 18.3 Å². The fraction of sp³-hybridized carbons (Fsp3) is 0.647. The van der Waals surface area contributed by atoms with E-state index in [1.54, 1.807) is 12.1 Å². The molecular weight excluding hydrogens is 560 g/mol. The molecule has 0 bridgehead atoms. The second-order valence-electron chi connectivity index (χ2n) is 14.9. The number of anilines is 3. The third-order valence-corrected chi connectivity index (χ3v) is 13.6. The fourth-order valence-corrected chi connectivity index (χ4v) is 10.6. The van der Waals surface area contributed by atoms with E-state index in [0.29, 0.717) is 23.2 Å². The van der Waals surface area contributed by atoms with Gasteiger partial charge in [0.15, 0.2) is 9.84 Å². The Hall–Kier alpha value is -2.49. The molecule has 2 aliphatic heterocycles. The number of pyridine rings is 1. The van der Waals surface area contributed by atoms with Crippen molar-refractivity contribution in [2.45, 2.75) is 125 Å². The van der Waals surface area contributed by atoms with Gasteiger partial charge in [0.05, 0.1) is 26.8 Å². The zero-order chi connectivity index (χ0) is 30.4. The molecule has 3 saturated carbocycles. The minimum absolute atomic E-state index is 0.0233. The van der Waals surface area contributed by atoms with Crippen molar-refractivity contribution in [3.63, 3.8) is 0 Å². The van der Waals surface area contributed by atoms with Crippen LogP contribution in [0.15, 0.2) is 35.4 Å². The van der Waals surface area contributed by atoms with Gasteiger partial charge in [-0.2, -0.15) is 0 Å². The Morgan fingerprint density at radius 1 is 1.05 bits per heavy atom. The first-order valence-electron chi connectivity index (χ1n) is 16.2. The van der Waals surface area contributed by atoms with Crippen molar-refractivity contribution >= 4 is 32.9 Å². The standard InChI is InChI=1S/C34H46N4O4S/c1-22(2)37-14-12-33(13-15-37)19-26(20-33)43(41,42)25-7-8-28(23(3)16-25)36-30-17-29-27(21-35-30)34(10-11-34)31(39)38(29)24-6-5-9-32(4,40)18-24/h7-8,16-17,21-22,24,26,40H,5-6,9-15,18-20H2,1-4H3,(H,35,36)/t24-,32-/m1/s1. The van der Waals surface area contributed by atoms with Crippen LogP contribution in [0.3, 0.4) is 0 Å². The highest BCUT2D eigenvalue weighted by atomic mass is 32.2. The van der Waals surface area contributed by atoms with Gasteiger partial charge in [-0.3, -0.25) is 4.79 Å². The number of hydrogen-bond acceptors (Lipinski definition) is 7. The lowest BCUT2D eigenvalue weighted by atomic mass is 9.63. The van der Waals surface area contributed by atoms with Crippen molar-refractivity contribution in [2.24, 2.45) is 5.41 Å². The molecule has 3 heterocycles. The number of nitrogens with one attached hydrogen (secondary N) is 1. The van der Waals surface area contributed by atoms with Gasteiger partial charge in [-0.25, -0.2) is 13.4 Å². The van der Waals surface area contributed by atoms with E-state index in [1.165, 1.54) is 0 Å². The smallest absolute Gasteiger partial charge is 0.238 e. The van der Waals surface area contributed by atoms with Gasteiger partial charge in [-0.05, 0) is 134 Å². The van der Waals surface area contributed by atoms with Crippen LogP contribution in [0, 0.1) is 12.3 Å². The molecule has 1 amide bonds. The first kappa shape index (κ1) is 29.2. The van der Waals surface area contributed by atoms with Gasteiger partial charge in [0.2, 0.25) is 5.91 Å². The van der Waals surface area contributed by atoms with Gasteiger partial charge in [-0.1, -0.05) is 0 Å². The zero-order valence-electron chi connectivity index (χ0n) is 26.0. The molecule has 43 heavy (non-hydrogen) atoms. The molecule has 4 fully saturated rings. The first-order valence-corrected chi connectivity index (χ1v) is 17.8. The Bertz CT molecular complexity index is 1550. The summed E-state index contributed by atoms with van der Waals surface area (Å²) in [6.07, 6.45) is 10.4. The summed E-state index contributed by atoms with van der Waals surface area (Å²) >= 11 is 0. The second-order valence-corrected chi connectivity index (χ2v) is 17.1. The summed E-state index contributed by atoms with van der Waals surface area (Å²) in [6, 6.07) is 7.84. The molecule has 1 saturated heterocycles. The van der Waals surface area contributed by atoms with Crippen LogP contribution in [0.1, 0.15) is 96.1 Å². The third kappa shape index (κ3) is 4.90. The number of carbonyl (C=O) groups excluding carboxylic acids is 1. The van der Waals surface area contributed by atoms with E-state index in [4.69, 9.17) is 4.98 Å². The highest BCUT2D eigenvalue weighted by Crippen LogP contribution is 2.59. The number of sulfone groups is 1. The van der Waals surface area contributed by atoms with Gasteiger partial charge in [0.25, 0.3) is 0 Å². The van der Waals surface area contributed by atoms with E-state index in [1.807, 2.05) is 37.1 Å². The summed E-state index contributed by atoms with van der Waals surface area (Å²) in [5.74, 6) is 0.780. The van der Waals surface area contributed by atoms with Gasteiger partial charge >= 0.3 is 0 Å². The topological polar surface area (TPSA) is 103 Å². The van der Waals surface area contributed by atoms with Gasteiger partial charge in [0.1, 0.15) is 5.82 Å². The zero-order valence-corrected chi connectivity index (χ0v) is 26.8. The predicted molar refractivity (Wildman–Crippen MR) is 169 cm³/mol. The van der Waals surface area contributed by atoms with E-state index in [-0.39, 0.29) is 22.6 Å². The van der Waals surface area contributed by atoms with Crippen molar-refractivity contribution in [2.75, 3.05) is 23.3 Å². The molecule has 9 heteroatoms. The van der Waals surface area contributed by atoms with Crippen molar-refractivity contribution in [3.8, 4) is 0 Å². The highest BCUT2D eigenvalue weighted by molar-refractivity contribution is 7.92. The SMILES string of the molecule is Cc1cc(S(=O)(=O)C2CC3(CCN(C(C)C)CC3)C2)ccc1Nc1cc2c(cn1)C1(CC1)C(=O)N2[C@@H]1CCC[C@@](C)(O)C1. The summed E-state index contributed by atoms with van der Waals surface area (Å²) in [5.41, 5.74) is 2.54. The minimum Gasteiger partial charge on any atom is -0.390 e. The lowest BCUT2D eigenvalue weighted by molar-refractivity contribution is -0.121. The Labute approximate surface area is 256 Å². The van der Waals surface area contributed by atoms with Crippen molar-refractivity contribution in [1.82, 2.24) is 9.88 Å².